The van der Waals surface area contributed by atoms with Crippen LogP contribution in [0.5, 0.6) is 0 Å². The van der Waals surface area contributed by atoms with Crippen LogP contribution in [-0.2, 0) is 21.3 Å². The second-order valence-corrected chi connectivity index (χ2v) is 6.62. The predicted octanol–water partition coefficient (Wildman–Crippen LogP) is 3.68. The number of rotatable bonds is 4. The summed E-state index contributed by atoms with van der Waals surface area (Å²) in [6.45, 7) is 0. The van der Waals surface area contributed by atoms with Gasteiger partial charge in [-0.2, -0.15) is 0 Å². The molecule has 2 aromatic rings. The Hall–Kier alpha value is -1.53. The Morgan fingerprint density at radius 1 is 1.29 bits per heavy atom. The van der Waals surface area contributed by atoms with Crippen molar-refractivity contribution in [3.8, 4) is 0 Å². The smallest absolute Gasteiger partial charge is 0.340 e. The van der Waals surface area contributed by atoms with E-state index in [9.17, 15) is 13.4 Å². The maximum atomic E-state index is 13.8. The van der Waals surface area contributed by atoms with Crippen LogP contribution >= 0.6 is 15.9 Å². The topological polar surface area (TPSA) is 43.4 Å². The lowest BCUT2D eigenvalue weighted by Crippen LogP contribution is -2.05. The zero-order valence-corrected chi connectivity index (χ0v) is 13.5. The van der Waals surface area contributed by atoms with Crippen molar-refractivity contribution < 1.29 is 18.1 Å². The van der Waals surface area contributed by atoms with Gasteiger partial charge in [-0.1, -0.05) is 28.1 Å². The predicted molar refractivity (Wildman–Crippen MR) is 82.0 cm³/mol. The van der Waals surface area contributed by atoms with Crippen LogP contribution in [-0.4, -0.2) is 17.3 Å². The second kappa shape index (κ2) is 6.95. The van der Waals surface area contributed by atoms with E-state index in [4.69, 9.17) is 0 Å². The van der Waals surface area contributed by atoms with Crippen LogP contribution in [0.2, 0.25) is 0 Å². The molecule has 6 heteroatoms. The third-order valence-corrected chi connectivity index (χ3v) is 4.66. The monoisotopic (exact) mass is 370 g/mol. The summed E-state index contributed by atoms with van der Waals surface area (Å²) in [4.78, 5) is 12.0. The lowest BCUT2D eigenvalue weighted by Gasteiger charge is -2.06. The van der Waals surface area contributed by atoms with Crippen molar-refractivity contribution in [1.29, 1.82) is 0 Å². The molecule has 2 aromatic carbocycles. The van der Waals surface area contributed by atoms with E-state index in [1.54, 1.807) is 24.3 Å². The van der Waals surface area contributed by atoms with Crippen molar-refractivity contribution in [3.05, 3.63) is 63.9 Å². The van der Waals surface area contributed by atoms with Gasteiger partial charge in [-0.05, 0) is 35.9 Å². The van der Waals surface area contributed by atoms with Crippen molar-refractivity contribution in [2.24, 2.45) is 0 Å². The summed E-state index contributed by atoms with van der Waals surface area (Å²) in [6, 6.07) is 11.3. The summed E-state index contributed by atoms with van der Waals surface area (Å²) in [5.74, 6) is -1.23. The molecule has 21 heavy (non-hydrogen) atoms. The maximum Gasteiger partial charge on any atom is 0.340 e. The number of benzene rings is 2. The van der Waals surface area contributed by atoms with Gasteiger partial charge in [0.2, 0.25) is 0 Å². The van der Waals surface area contributed by atoms with Gasteiger partial charge in [-0.15, -0.1) is 0 Å². The maximum absolute atomic E-state index is 13.8. The third-order valence-electron chi connectivity index (χ3n) is 2.80. The highest BCUT2D eigenvalue weighted by molar-refractivity contribution is 9.10. The molecule has 0 aromatic heterocycles. The summed E-state index contributed by atoms with van der Waals surface area (Å²) in [6.07, 6.45) is 0. The van der Waals surface area contributed by atoms with E-state index in [0.29, 0.717) is 10.5 Å². The Morgan fingerprint density at radius 2 is 2.05 bits per heavy atom. The quantitative estimate of drug-likeness (QED) is 0.771. The van der Waals surface area contributed by atoms with Crippen LogP contribution in [0, 0.1) is 5.82 Å². The van der Waals surface area contributed by atoms with Gasteiger partial charge in [0.25, 0.3) is 0 Å². The molecule has 0 amide bonds. The van der Waals surface area contributed by atoms with Gasteiger partial charge in [0.15, 0.2) is 0 Å². The molecule has 0 N–H and O–H groups in total. The molecule has 0 bridgehead atoms. The molecule has 0 spiro atoms. The van der Waals surface area contributed by atoms with Crippen LogP contribution in [0.4, 0.5) is 4.39 Å². The first-order valence-corrected chi connectivity index (χ1v) is 8.13. The van der Waals surface area contributed by atoms with Gasteiger partial charge in [0, 0.05) is 9.37 Å². The van der Waals surface area contributed by atoms with Gasteiger partial charge in [0.05, 0.1) is 29.2 Å². The van der Waals surface area contributed by atoms with Crippen LogP contribution < -0.4 is 0 Å². The van der Waals surface area contributed by atoms with Crippen LogP contribution in [0.1, 0.15) is 15.9 Å². The van der Waals surface area contributed by atoms with Crippen molar-refractivity contribution in [1.82, 2.24) is 0 Å². The average molecular weight is 371 g/mol. The minimum Gasteiger partial charge on any atom is -0.465 e. The highest BCUT2D eigenvalue weighted by Crippen LogP contribution is 2.19. The van der Waals surface area contributed by atoms with Crippen LogP contribution in [0.15, 0.2) is 51.8 Å². The molecule has 0 fully saturated rings. The van der Waals surface area contributed by atoms with Crippen LogP contribution in [0.3, 0.4) is 0 Å². The molecule has 1 atom stereocenters. The van der Waals surface area contributed by atoms with E-state index >= 15 is 0 Å². The Kier molecular flexibility index (Phi) is 5.25. The molecule has 0 heterocycles. The number of ether oxygens (including phenoxy) is 1. The molecule has 0 saturated heterocycles. The fourth-order valence-electron chi connectivity index (χ4n) is 1.77. The lowest BCUT2D eigenvalue weighted by atomic mass is 10.1. The number of carbonyl (C=O) groups is 1. The summed E-state index contributed by atoms with van der Waals surface area (Å²) < 4.78 is 31.3. The van der Waals surface area contributed by atoms with Crippen molar-refractivity contribution in [2.75, 3.05) is 7.11 Å². The first kappa shape index (κ1) is 15.9. The van der Waals surface area contributed by atoms with Crippen molar-refractivity contribution >= 4 is 32.7 Å². The zero-order chi connectivity index (χ0) is 15.4. The summed E-state index contributed by atoms with van der Waals surface area (Å²) in [5.41, 5.74) is 0.424. The first-order valence-electron chi connectivity index (χ1n) is 6.02. The Bertz CT molecular complexity index is 703. The van der Waals surface area contributed by atoms with E-state index in [1.165, 1.54) is 19.2 Å². The lowest BCUT2D eigenvalue weighted by molar-refractivity contribution is 0.0595. The molecule has 110 valence electrons. The van der Waals surface area contributed by atoms with E-state index < -0.39 is 22.6 Å². The zero-order valence-electron chi connectivity index (χ0n) is 11.1. The van der Waals surface area contributed by atoms with Gasteiger partial charge < -0.3 is 4.74 Å². The van der Waals surface area contributed by atoms with Gasteiger partial charge in [-0.3, -0.25) is 4.21 Å². The number of methoxy groups -OCH3 is 1. The van der Waals surface area contributed by atoms with E-state index in [-0.39, 0.29) is 11.3 Å². The van der Waals surface area contributed by atoms with Crippen molar-refractivity contribution in [2.45, 2.75) is 10.6 Å². The fourth-order valence-corrected chi connectivity index (χ4v) is 3.46. The summed E-state index contributed by atoms with van der Waals surface area (Å²) in [7, 11) is -0.0924. The number of halogens is 2. The fraction of sp³-hybridized carbons (Fsp3) is 0.133. The summed E-state index contributed by atoms with van der Waals surface area (Å²) >= 11 is 3.32. The number of esters is 1. The standard InChI is InChI=1S/C15H12BrFO3S/c1-20-15(18)13-6-5-10(7-14(13)17)9-21(19)12-4-2-3-11(16)8-12/h2-8H,9H2,1H3. The normalized spacial score (nSPS) is 12.0. The second-order valence-electron chi connectivity index (χ2n) is 4.25. The van der Waals surface area contributed by atoms with E-state index in [1.807, 2.05) is 6.07 Å². The minimum atomic E-state index is -1.28. The molecular weight excluding hydrogens is 359 g/mol. The Balaban J connectivity index is 2.19. The molecule has 0 radical (unpaired) electrons. The van der Waals surface area contributed by atoms with Gasteiger partial charge in [-0.25, -0.2) is 9.18 Å². The van der Waals surface area contributed by atoms with Gasteiger partial charge >= 0.3 is 5.97 Å². The highest BCUT2D eigenvalue weighted by Gasteiger charge is 2.13. The molecule has 2 rings (SSSR count). The van der Waals surface area contributed by atoms with E-state index in [2.05, 4.69) is 20.7 Å². The Morgan fingerprint density at radius 3 is 2.67 bits per heavy atom. The Labute approximate surface area is 132 Å². The largest absolute Gasteiger partial charge is 0.465 e. The molecule has 0 aliphatic carbocycles. The van der Waals surface area contributed by atoms with Crippen molar-refractivity contribution in [3.63, 3.8) is 0 Å². The van der Waals surface area contributed by atoms with Crippen LogP contribution in [0.25, 0.3) is 0 Å². The number of hydrogen-bond donors (Lipinski definition) is 0. The number of carbonyl (C=O) groups excluding carboxylic acids is 1. The number of hydrogen-bond acceptors (Lipinski definition) is 3. The molecule has 0 aliphatic heterocycles. The minimum absolute atomic E-state index is 0.130. The highest BCUT2D eigenvalue weighted by atomic mass is 79.9. The molecule has 3 nitrogen and oxygen atoms in total. The molecule has 0 saturated carbocycles. The van der Waals surface area contributed by atoms with E-state index in [0.717, 1.165) is 4.47 Å². The average Bonchev–Trinajstić information content (AvgIpc) is 2.46. The van der Waals surface area contributed by atoms with Gasteiger partial charge in [0.1, 0.15) is 5.82 Å². The first-order chi connectivity index (χ1) is 10.0. The molecular formula is C15H12BrFO3S. The summed E-state index contributed by atoms with van der Waals surface area (Å²) in [5, 5.41) is 0. The SMILES string of the molecule is COC(=O)c1ccc(CS(=O)c2cccc(Br)c2)cc1F. The molecule has 1 unspecified atom stereocenters. The third kappa shape index (κ3) is 3.98. The molecule has 0 aliphatic rings.